The Labute approximate surface area is 62.9 Å². The van der Waals surface area contributed by atoms with Gasteiger partial charge in [0, 0.05) is 0 Å². The number of hydrogen-bond acceptors (Lipinski definition) is 0. The summed E-state index contributed by atoms with van der Waals surface area (Å²) in [5, 5.41) is 0. The van der Waals surface area contributed by atoms with Crippen LogP contribution in [0, 0.1) is 6.07 Å². The van der Waals surface area contributed by atoms with Crippen molar-refractivity contribution in [3.8, 4) is 0 Å². The van der Waals surface area contributed by atoms with E-state index < -0.39 is 0 Å². The van der Waals surface area contributed by atoms with Gasteiger partial charge < -0.3 is 0 Å². The minimum atomic E-state index is 0. The van der Waals surface area contributed by atoms with E-state index in [2.05, 4.69) is 32.9 Å². The third-order valence-electron chi connectivity index (χ3n) is 1.57. The maximum absolute atomic E-state index is 3.07. The van der Waals surface area contributed by atoms with Crippen LogP contribution in [0.2, 0.25) is 0 Å². The largest absolute Gasteiger partial charge is 0.184 e. The summed E-state index contributed by atoms with van der Waals surface area (Å²) in [5.41, 5.74) is 1.60. The topological polar surface area (TPSA) is 0 Å². The van der Waals surface area contributed by atoms with Crippen molar-refractivity contribution in [3.05, 3.63) is 35.9 Å². The molecule has 0 nitrogen and oxygen atoms in total. The first-order chi connectivity index (χ1) is 4.61. The Morgan fingerprint density at radius 1 is 1.27 bits per heavy atom. The number of rotatable bonds is 0. The molecule has 1 rings (SSSR count). The fourth-order valence-corrected chi connectivity index (χ4v) is 0.860. The normalized spacial score (nSPS) is 10.5. The van der Waals surface area contributed by atoms with E-state index in [1.54, 1.807) is 0 Å². The molecule has 0 spiro atoms. The van der Waals surface area contributed by atoms with Crippen LogP contribution >= 0.6 is 0 Å². The van der Waals surface area contributed by atoms with Crippen LogP contribution in [0.4, 0.5) is 0 Å². The first kappa shape index (κ1) is 9.22. The molecule has 0 aromatic heterocycles. The minimum absolute atomic E-state index is 0. The fraction of sp³-hybridized carbons (Fsp3) is 0.400. The minimum Gasteiger partial charge on any atom is -0.184 e. The number of benzene rings is 1. The van der Waals surface area contributed by atoms with Crippen molar-refractivity contribution in [2.75, 3.05) is 0 Å². The van der Waals surface area contributed by atoms with Crippen molar-refractivity contribution in [3.63, 3.8) is 0 Å². The van der Waals surface area contributed by atoms with Crippen molar-refractivity contribution < 1.29 is 0 Å². The standard InChI is InChI=1S/C10H13.Rf/c1-10(2,3)9-7-5-4-6-8-9;/h4-5,7-8H,1-3H3;/q-1;. The van der Waals surface area contributed by atoms with E-state index in [1.165, 1.54) is 5.56 Å². The molecule has 0 radical (unpaired) electrons. The van der Waals surface area contributed by atoms with Crippen molar-refractivity contribution in [2.24, 2.45) is 0 Å². The van der Waals surface area contributed by atoms with Gasteiger partial charge in [0.2, 0.25) is 0 Å². The molecule has 0 N–H and O–H groups in total. The van der Waals surface area contributed by atoms with Crippen molar-refractivity contribution in [1.29, 1.82) is 0 Å². The molecule has 0 saturated carbocycles. The Hall–Kier alpha value is -1.78. The van der Waals surface area contributed by atoms with Gasteiger partial charge >= 0.3 is 0 Å². The van der Waals surface area contributed by atoms with E-state index in [0.29, 0.717) is 0 Å². The molecule has 0 bridgehead atoms. The quantitative estimate of drug-likeness (QED) is 0.588. The van der Waals surface area contributed by atoms with Gasteiger partial charge in [0.25, 0.3) is 0 Å². The molecule has 0 unspecified atom stereocenters. The summed E-state index contributed by atoms with van der Waals surface area (Å²) in [6, 6.07) is 11.2. The summed E-state index contributed by atoms with van der Waals surface area (Å²) < 4.78 is 0. The predicted octanol–water partition coefficient (Wildman–Crippen LogP) is 2.78. The third-order valence-corrected chi connectivity index (χ3v) is 1.57. The average molecular weight is 400 g/mol. The zero-order valence-corrected chi connectivity index (χ0v) is 13.9. The summed E-state index contributed by atoms with van der Waals surface area (Å²) in [6.45, 7) is 6.61. The molecule has 0 heterocycles. The zero-order chi connectivity index (χ0) is 7.61. The molecular formula is C10H13Rf-. The molecule has 0 aliphatic rings. The van der Waals surface area contributed by atoms with Crippen LogP contribution in [0.1, 0.15) is 26.3 Å². The summed E-state index contributed by atoms with van der Waals surface area (Å²) >= 11 is 0. The molecule has 11 heavy (non-hydrogen) atoms. The molecule has 1 heteroatoms. The molecule has 1 aromatic carbocycles. The molecule has 0 fully saturated rings. The van der Waals surface area contributed by atoms with Gasteiger partial charge in [-0.1, -0.05) is 26.2 Å². The average Bonchev–Trinajstić information content (AvgIpc) is 1.88. The second-order valence-corrected chi connectivity index (χ2v) is 3.54. The predicted molar refractivity (Wildman–Crippen MR) is 44.0 cm³/mol. The molecule has 0 saturated heterocycles. The van der Waals surface area contributed by atoms with Crippen molar-refractivity contribution in [1.82, 2.24) is 0 Å². The van der Waals surface area contributed by atoms with E-state index in [-0.39, 0.29) is 5.41 Å². The smallest absolute Gasteiger partial charge is 0 e. The Bertz CT molecular complexity index is 196. The first-order valence-corrected chi connectivity index (χ1v) is 3.57. The summed E-state index contributed by atoms with van der Waals surface area (Å²) in [6.07, 6.45) is 0. The van der Waals surface area contributed by atoms with Crippen molar-refractivity contribution >= 4 is 0 Å². The fourth-order valence-electron chi connectivity index (χ4n) is 0.860. The maximum Gasteiger partial charge on any atom is 0 e. The van der Waals surface area contributed by atoms with Crippen LogP contribution in [0.3, 0.4) is 0 Å². The van der Waals surface area contributed by atoms with Gasteiger partial charge in [0.1, 0.15) is 0 Å². The second kappa shape index (κ2) is 2.87. The van der Waals surface area contributed by atoms with Crippen LogP contribution in [0.25, 0.3) is 0 Å². The van der Waals surface area contributed by atoms with E-state index in [9.17, 15) is 0 Å². The van der Waals surface area contributed by atoms with Crippen LogP contribution < -0.4 is 0 Å². The van der Waals surface area contributed by atoms with Gasteiger partial charge in [-0.15, -0.1) is 0 Å². The summed E-state index contributed by atoms with van der Waals surface area (Å²) in [5.74, 6) is 0. The maximum atomic E-state index is 3.07. The van der Waals surface area contributed by atoms with Gasteiger partial charge in [0.15, 0.2) is 0 Å². The van der Waals surface area contributed by atoms with Crippen LogP contribution in [-0.2, 0) is 5.41 Å². The van der Waals surface area contributed by atoms with Crippen LogP contribution in [-0.4, -0.2) is 0 Å². The Balaban J connectivity index is 0.000001000. The first-order valence-electron chi connectivity index (χ1n) is 3.57. The molecule has 0 aliphatic carbocycles. The molecule has 56 valence electrons. The molecule has 1 aromatic rings. The third kappa shape index (κ3) is 2.13. The SMILES string of the molecule is CC(C)(C)c1c[c-]ccc1.[Rf]. The molecule has 0 aliphatic heterocycles. The Kier molecular flexibility index (Phi) is 2.41. The Morgan fingerprint density at radius 2 is 1.91 bits per heavy atom. The molecular weight excluding hydrogens is 387 g/mol. The van der Waals surface area contributed by atoms with E-state index in [4.69, 9.17) is 0 Å². The molecule has 0 amide bonds. The summed E-state index contributed by atoms with van der Waals surface area (Å²) in [4.78, 5) is 0. The number of hydrogen-bond donors (Lipinski definition) is 0. The summed E-state index contributed by atoms with van der Waals surface area (Å²) in [7, 11) is 0. The van der Waals surface area contributed by atoms with E-state index in [0.717, 1.165) is 0 Å². The zero-order valence-electron chi connectivity index (χ0n) is 7.52. The monoisotopic (exact) mass is 400 g/mol. The van der Waals surface area contributed by atoms with Crippen molar-refractivity contribution in [2.45, 2.75) is 26.2 Å². The van der Waals surface area contributed by atoms with Gasteiger partial charge in [-0.2, -0.15) is 35.9 Å². The van der Waals surface area contributed by atoms with Crippen LogP contribution in [0.5, 0.6) is 0 Å². The Morgan fingerprint density at radius 3 is 2.18 bits per heavy atom. The van der Waals surface area contributed by atoms with Gasteiger partial charge in [-0.25, -0.2) is 0 Å². The second-order valence-electron chi connectivity index (χ2n) is 3.54. The van der Waals surface area contributed by atoms with Gasteiger partial charge in [-0.3, -0.25) is 0 Å². The van der Waals surface area contributed by atoms with E-state index >= 15 is 0 Å². The van der Waals surface area contributed by atoms with Gasteiger partial charge in [-0.05, 0) is 0 Å². The van der Waals surface area contributed by atoms with E-state index in [1.807, 2.05) is 18.2 Å². The van der Waals surface area contributed by atoms with Gasteiger partial charge in [0.05, 0.1) is 0 Å². The molecule has 0 atom stereocenters. The van der Waals surface area contributed by atoms with Crippen LogP contribution in [0.15, 0.2) is 24.3 Å².